The zero-order valence-electron chi connectivity index (χ0n) is 15.6. The minimum atomic E-state index is -1.03. The molecular formula is C21H21ClFN3O2. The Hall–Kier alpha value is -2.70. The van der Waals surface area contributed by atoms with Crippen LogP contribution in [-0.2, 0) is 6.54 Å². The van der Waals surface area contributed by atoms with E-state index < -0.39 is 17.8 Å². The molecule has 0 spiro atoms. The molecule has 3 rings (SSSR count). The fourth-order valence-electron chi connectivity index (χ4n) is 2.89. The van der Waals surface area contributed by atoms with Gasteiger partial charge in [-0.1, -0.05) is 53.6 Å². The van der Waals surface area contributed by atoms with Crippen molar-refractivity contribution in [3.05, 3.63) is 87.4 Å². The van der Waals surface area contributed by atoms with Crippen molar-refractivity contribution in [2.45, 2.75) is 26.5 Å². The number of halogens is 2. The second kappa shape index (κ2) is 8.54. The molecule has 28 heavy (non-hydrogen) atoms. The normalized spacial score (nSPS) is 12.0. The minimum Gasteiger partial charge on any atom is -0.387 e. The molecule has 1 aromatic heterocycles. The van der Waals surface area contributed by atoms with Gasteiger partial charge in [0.15, 0.2) is 0 Å². The largest absolute Gasteiger partial charge is 0.387 e. The van der Waals surface area contributed by atoms with E-state index >= 15 is 0 Å². The van der Waals surface area contributed by atoms with Crippen molar-refractivity contribution in [3.63, 3.8) is 0 Å². The first kappa shape index (κ1) is 20.0. The molecule has 0 aliphatic rings. The third-order valence-electron chi connectivity index (χ3n) is 4.43. The van der Waals surface area contributed by atoms with Crippen molar-refractivity contribution in [1.29, 1.82) is 0 Å². The average molecular weight is 402 g/mol. The maximum Gasteiger partial charge on any atom is 0.256 e. The van der Waals surface area contributed by atoms with Gasteiger partial charge in [0.1, 0.15) is 11.0 Å². The Morgan fingerprint density at radius 3 is 2.64 bits per heavy atom. The Labute approximate surface area is 167 Å². The average Bonchev–Trinajstić information content (AvgIpc) is 2.94. The molecule has 7 heteroatoms. The Morgan fingerprint density at radius 1 is 1.25 bits per heavy atom. The highest BCUT2D eigenvalue weighted by atomic mass is 35.5. The number of aliphatic hydroxyl groups excluding tert-OH is 1. The number of nitrogens with one attached hydrogen (secondary N) is 1. The lowest BCUT2D eigenvalue weighted by Gasteiger charge is -2.12. The lowest BCUT2D eigenvalue weighted by Crippen LogP contribution is -2.29. The van der Waals surface area contributed by atoms with Gasteiger partial charge in [-0.3, -0.25) is 4.79 Å². The molecular weight excluding hydrogens is 381 g/mol. The molecule has 2 aromatic carbocycles. The summed E-state index contributed by atoms with van der Waals surface area (Å²) >= 11 is 6.39. The van der Waals surface area contributed by atoms with Gasteiger partial charge in [0.05, 0.1) is 23.9 Å². The van der Waals surface area contributed by atoms with Crippen LogP contribution in [0.3, 0.4) is 0 Å². The van der Waals surface area contributed by atoms with E-state index in [0.717, 1.165) is 11.1 Å². The SMILES string of the molecule is Cc1ccc(Cn2nc(C)c(C(=O)NCC(O)c3cccc(F)c3)c2Cl)cc1. The molecule has 1 atom stereocenters. The lowest BCUT2D eigenvalue weighted by molar-refractivity contribution is 0.0915. The molecule has 0 saturated carbocycles. The summed E-state index contributed by atoms with van der Waals surface area (Å²) in [6.07, 6.45) is -1.03. The summed E-state index contributed by atoms with van der Waals surface area (Å²) in [4.78, 5) is 12.6. The molecule has 1 unspecified atom stereocenters. The molecule has 0 aliphatic carbocycles. The highest BCUT2D eigenvalue weighted by molar-refractivity contribution is 6.33. The van der Waals surface area contributed by atoms with Crippen LogP contribution in [0, 0.1) is 19.7 Å². The summed E-state index contributed by atoms with van der Waals surface area (Å²) in [7, 11) is 0. The topological polar surface area (TPSA) is 67.2 Å². The van der Waals surface area contributed by atoms with E-state index in [1.54, 1.807) is 17.7 Å². The number of nitrogens with zero attached hydrogens (tertiary/aromatic N) is 2. The summed E-state index contributed by atoms with van der Waals surface area (Å²) < 4.78 is 14.8. The van der Waals surface area contributed by atoms with Gasteiger partial charge in [-0.2, -0.15) is 5.10 Å². The maximum atomic E-state index is 13.3. The number of amides is 1. The van der Waals surface area contributed by atoms with Crippen molar-refractivity contribution in [2.24, 2.45) is 0 Å². The third-order valence-corrected chi connectivity index (χ3v) is 4.82. The van der Waals surface area contributed by atoms with Gasteiger partial charge in [-0.15, -0.1) is 0 Å². The Kier molecular flexibility index (Phi) is 6.11. The zero-order valence-corrected chi connectivity index (χ0v) is 16.4. The van der Waals surface area contributed by atoms with E-state index in [4.69, 9.17) is 11.6 Å². The second-order valence-corrected chi connectivity index (χ2v) is 7.03. The highest BCUT2D eigenvalue weighted by Gasteiger charge is 2.21. The van der Waals surface area contributed by atoms with Crippen molar-refractivity contribution in [1.82, 2.24) is 15.1 Å². The van der Waals surface area contributed by atoms with Gasteiger partial charge in [0.2, 0.25) is 0 Å². The monoisotopic (exact) mass is 401 g/mol. The molecule has 1 heterocycles. The Balaban J connectivity index is 1.69. The van der Waals surface area contributed by atoms with E-state index in [1.165, 1.54) is 18.2 Å². The van der Waals surface area contributed by atoms with Crippen LogP contribution >= 0.6 is 11.6 Å². The summed E-state index contributed by atoms with van der Waals surface area (Å²) in [5.74, 6) is -0.882. The summed E-state index contributed by atoms with van der Waals surface area (Å²) in [5, 5.41) is 17.4. The van der Waals surface area contributed by atoms with Crippen molar-refractivity contribution in [2.75, 3.05) is 6.54 Å². The number of aliphatic hydroxyl groups is 1. The number of benzene rings is 2. The van der Waals surface area contributed by atoms with Gasteiger partial charge in [0, 0.05) is 6.54 Å². The molecule has 0 saturated heterocycles. The van der Waals surface area contributed by atoms with Crippen molar-refractivity contribution >= 4 is 17.5 Å². The number of aryl methyl sites for hydroxylation is 2. The highest BCUT2D eigenvalue weighted by Crippen LogP contribution is 2.21. The van der Waals surface area contributed by atoms with Crippen LogP contribution in [0.4, 0.5) is 4.39 Å². The minimum absolute atomic E-state index is 0.0683. The van der Waals surface area contributed by atoms with Gasteiger partial charge in [-0.25, -0.2) is 9.07 Å². The summed E-state index contributed by atoms with van der Waals surface area (Å²) in [5.41, 5.74) is 3.32. The molecule has 1 amide bonds. The maximum absolute atomic E-state index is 13.3. The van der Waals surface area contributed by atoms with Gasteiger partial charge < -0.3 is 10.4 Å². The number of hydrogen-bond donors (Lipinski definition) is 2. The fourth-order valence-corrected chi connectivity index (χ4v) is 3.21. The third kappa shape index (κ3) is 4.58. The summed E-state index contributed by atoms with van der Waals surface area (Å²) in [6, 6.07) is 13.6. The van der Waals surface area contributed by atoms with Crippen LogP contribution in [0.15, 0.2) is 48.5 Å². The van der Waals surface area contributed by atoms with E-state index in [-0.39, 0.29) is 17.3 Å². The molecule has 0 aliphatic heterocycles. The molecule has 2 N–H and O–H groups in total. The number of rotatable bonds is 6. The molecule has 0 fully saturated rings. The molecule has 146 valence electrons. The fraction of sp³-hybridized carbons (Fsp3) is 0.238. The van der Waals surface area contributed by atoms with Gasteiger partial charge in [-0.05, 0) is 37.1 Å². The van der Waals surface area contributed by atoms with Gasteiger partial charge >= 0.3 is 0 Å². The van der Waals surface area contributed by atoms with Crippen LogP contribution < -0.4 is 5.32 Å². The predicted octanol–water partition coefficient (Wildman–Crippen LogP) is 3.80. The molecule has 3 aromatic rings. The second-order valence-electron chi connectivity index (χ2n) is 6.68. The Morgan fingerprint density at radius 2 is 1.96 bits per heavy atom. The lowest BCUT2D eigenvalue weighted by atomic mass is 10.1. The van der Waals surface area contributed by atoms with E-state index in [0.29, 0.717) is 17.8 Å². The summed E-state index contributed by atoms with van der Waals surface area (Å²) in [6.45, 7) is 4.09. The van der Waals surface area contributed by atoms with Crippen LogP contribution in [0.1, 0.15) is 38.8 Å². The zero-order chi connectivity index (χ0) is 20.3. The van der Waals surface area contributed by atoms with Crippen molar-refractivity contribution < 1.29 is 14.3 Å². The van der Waals surface area contributed by atoms with Crippen LogP contribution in [0.5, 0.6) is 0 Å². The first-order chi connectivity index (χ1) is 13.3. The van der Waals surface area contributed by atoms with Crippen LogP contribution in [0.2, 0.25) is 5.15 Å². The van der Waals surface area contributed by atoms with E-state index in [1.807, 2.05) is 31.2 Å². The Bertz CT molecular complexity index is 986. The first-order valence-electron chi connectivity index (χ1n) is 8.85. The molecule has 0 radical (unpaired) electrons. The van der Waals surface area contributed by atoms with E-state index in [9.17, 15) is 14.3 Å². The van der Waals surface area contributed by atoms with Gasteiger partial charge in [0.25, 0.3) is 5.91 Å². The van der Waals surface area contributed by atoms with Crippen LogP contribution in [0.25, 0.3) is 0 Å². The standard InChI is InChI=1S/C21H21ClFN3O2/c1-13-6-8-15(9-7-13)12-26-20(22)19(14(2)25-26)21(28)24-11-18(27)16-4-3-5-17(23)10-16/h3-10,18,27H,11-12H2,1-2H3,(H,24,28). The van der Waals surface area contributed by atoms with Crippen molar-refractivity contribution in [3.8, 4) is 0 Å². The number of aromatic nitrogens is 2. The number of carbonyl (C=O) groups excluding carboxylic acids is 1. The smallest absolute Gasteiger partial charge is 0.256 e. The van der Waals surface area contributed by atoms with Crippen LogP contribution in [-0.4, -0.2) is 27.3 Å². The molecule has 5 nitrogen and oxygen atoms in total. The first-order valence-corrected chi connectivity index (χ1v) is 9.23. The van der Waals surface area contributed by atoms with E-state index in [2.05, 4.69) is 10.4 Å². The number of hydrogen-bond acceptors (Lipinski definition) is 3. The predicted molar refractivity (Wildman–Crippen MR) is 106 cm³/mol. The number of carbonyl (C=O) groups is 1. The quantitative estimate of drug-likeness (QED) is 0.660. The molecule has 0 bridgehead atoms.